The fourth-order valence-electron chi connectivity index (χ4n) is 2.91. The highest BCUT2D eigenvalue weighted by Gasteiger charge is 2.31. The number of aryl methyl sites for hydroxylation is 1. The van der Waals surface area contributed by atoms with Crippen molar-refractivity contribution in [1.82, 2.24) is 14.9 Å². The van der Waals surface area contributed by atoms with E-state index in [9.17, 15) is 4.79 Å². The molecule has 1 N–H and O–H groups in total. The Hall–Kier alpha value is -1.68. The van der Waals surface area contributed by atoms with E-state index in [0.29, 0.717) is 11.7 Å². The van der Waals surface area contributed by atoms with Crippen molar-refractivity contribution < 1.29 is 0 Å². The molecular weight excluding hydrogens is 262 g/mol. The summed E-state index contributed by atoms with van der Waals surface area (Å²) in [6.45, 7) is 5.73. The molecule has 1 saturated carbocycles. The highest BCUT2D eigenvalue weighted by molar-refractivity contribution is 5.74. The molecule has 1 aliphatic rings. The third-order valence-electron chi connectivity index (χ3n) is 4.24. The van der Waals surface area contributed by atoms with Crippen molar-refractivity contribution in [2.24, 2.45) is 5.92 Å². The van der Waals surface area contributed by atoms with Gasteiger partial charge in [0.15, 0.2) is 0 Å². The summed E-state index contributed by atoms with van der Waals surface area (Å²) in [5.74, 6) is 0.718. The molecule has 1 unspecified atom stereocenters. The van der Waals surface area contributed by atoms with Crippen LogP contribution in [0.4, 0.5) is 0 Å². The third-order valence-corrected chi connectivity index (χ3v) is 4.24. The van der Waals surface area contributed by atoms with Crippen molar-refractivity contribution in [3.63, 3.8) is 0 Å². The van der Waals surface area contributed by atoms with Crippen LogP contribution in [0.25, 0.3) is 11.0 Å². The Morgan fingerprint density at radius 1 is 1.38 bits per heavy atom. The number of nitrogens with one attached hydrogen (secondary N) is 1. The molecule has 1 fully saturated rings. The van der Waals surface area contributed by atoms with Crippen molar-refractivity contribution in [2.45, 2.75) is 45.7 Å². The van der Waals surface area contributed by atoms with Crippen LogP contribution in [0.15, 0.2) is 29.1 Å². The molecule has 1 atom stereocenters. The van der Waals surface area contributed by atoms with Gasteiger partial charge in [0.1, 0.15) is 5.69 Å². The molecular formula is C17H23N3O. The number of hydrogen-bond donors (Lipinski definition) is 1. The maximum absolute atomic E-state index is 12.5. The third kappa shape index (κ3) is 3.00. The highest BCUT2D eigenvalue weighted by Crippen LogP contribution is 2.33. The molecule has 0 amide bonds. The fraction of sp³-hybridized carbons (Fsp3) is 0.529. The molecule has 0 spiro atoms. The van der Waals surface area contributed by atoms with Crippen LogP contribution in [0, 0.1) is 12.8 Å². The number of benzene rings is 1. The Balaban J connectivity index is 1.98. The fourth-order valence-corrected chi connectivity index (χ4v) is 2.91. The average molecular weight is 285 g/mol. The van der Waals surface area contributed by atoms with Gasteiger partial charge in [-0.05, 0) is 50.8 Å². The summed E-state index contributed by atoms with van der Waals surface area (Å²) in [4.78, 5) is 16.9. The van der Waals surface area contributed by atoms with Crippen LogP contribution in [0.5, 0.6) is 0 Å². The van der Waals surface area contributed by atoms with E-state index < -0.39 is 0 Å². The zero-order valence-electron chi connectivity index (χ0n) is 12.8. The Morgan fingerprint density at radius 2 is 2.14 bits per heavy atom. The topological polar surface area (TPSA) is 46.9 Å². The summed E-state index contributed by atoms with van der Waals surface area (Å²) in [7, 11) is 0. The molecule has 0 bridgehead atoms. The Kier molecular flexibility index (Phi) is 4.06. The van der Waals surface area contributed by atoms with Gasteiger partial charge >= 0.3 is 0 Å². The molecule has 1 heterocycles. The summed E-state index contributed by atoms with van der Waals surface area (Å²) < 4.78 is 1.91. The van der Waals surface area contributed by atoms with Gasteiger partial charge in [-0.15, -0.1) is 0 Å². The predicted molar refractivity (Wildman–Crippen MR) is 85.5 cm³/mol. The second kappa shape index (κ2) is 5.98. The Bertz CT molecular complexity index is 688. The number of hydrogen-bond acceptors (Lipinski definition) is 3. The van der Waals surface area contributed by atoms with Gasteiger partial charge in [0.05, 0.1) is 11.0 Å². The molecule has 1 aromatic heterocycles. The number of aromatic nitrogens is 2. The Morgan fingerprint density at radius 3 is 2.86 bits per heavy atom. The van der Waals surface area contributed by atoms with Gasteiger partial charge in [-0.3, -0.25) is 4.79 Å². The van der Waals surface area contributed by atoms with Crippen LogP contribution >= 0.6 is 0 Å². The quantitative estimate of drug-likeness (QED) is 0.887. The van der Waals surface area contributed by atoms with E-state index in [2.05, 4.69) is 17.2 Å². The summed E-state index contributed by atoms with van der Waals surface area (Å²) >= 11 is 0. The molecule has 112 valence electrons. The summed E-state index contributed by atoms with van der Waals surface area (Å²) in [5, 5.41) is 3.61. The first-order valence-electron chi connectivity index (χ1n) is 7.90. The van der Waals surface area contributed by atoms with Crippen molar-refractivity contribution in [3.8, 4) is 0 Å². The molecule has 2 aromatic rings. The molecule has 1 aromatic carbocycles. The van der Waals surface area contributed by atoms with Gasteiger partial charge in [0.2, 0.25) is 0 Å². The minimum Gasteiger partial charge on any atom is -0.312 e. The van der Waals surface area contributed by atoms with Gasteiger partial charge in [-0.2, -0.15) is 0 Å². The van der Waals surface area contributed by atoms with E-state index in [1.807, 2.05) is 28.8 Å². The number of nitrogens with zero attached hydrogens (tertiary/aromatic N) is 2. The van der Waals surface area contributed by atoms with Gasteiger partial charge in [0.25, 0.3) is 5.56 Å². The van der Waals surface area contributed by atoms with E-state index >= 15 is 0 Å². The average Bonchev–Trinajstić information content (AvgIpc) is 3.32. The van der Waals surface area contributed by atoms with Gasteiger partial charge in [0, 0.05) is 12.6 Å². The first kappa shape index (κ1) is 14.3. The van der Waals surface area contributed by atoms with E-state index in [4.69, 9.17) is 0 Å². The van der Waals surface area contributed by atoms with Crippen molar-refractivity contribution in [1.29, 1.82) is 0 Å². The SMILES string of the molecule is CCCNC(Cn1c(=O)c(C)nc2ccccc21)C1CC1. The van der Waals surface area contributed by atoms with Crippen LogP contribution in [-0.4, -0.2) is 22.1 Å². The second-order valence-electron chi connectivity index (χ2n) is 6.00. The second-order valence-corrected chi connectivity index (χ2v) is 6.00. The van der Waals surface area contributed by atoms with Crippen LogP contribution < -0.4 is 10.9 Å². The van der Waals surface area contributed by atoms with Gasteiger partial charge in [-0.25, -0.2) is 4.98 Å². The van der Waals surface area contributed by atoms with Crippen LogP contribution in [0.1, 0.15) is 31.9 Å². The van der Waals surface area contributed by atoms with E-state index in [-0.39, 0.29) is 5.56 Å². The molecule has 1 aliphatic carbocycles. The summed E-state index contributed by atoms with van der Waals surface area (Å²) in [6, 6.07) is 8.31. The molecule has 4 nitrogen and oxygen atoms in total. The molecule has 0 aliphatic heterocycles. The molecule has 21 heavy (non-hydrogen) atoms. The molecule has 3 rings (SSSR count). The Labute approximate surface area is 125 Å². The molecule has 0 saturated heterocycles. The van der Waals surface area contributed by atoms with Gasteiger partial charge < -0.3 is 9.88 Å². The number of rotatable bonds is 6. The minimum absolute atomic E-state index is 0.0395. The van der Waals surface area contributed by atoms with E-state index in [1.165, 1.54) is 12.8 Å². The van der Waals surface area contributed by atoms with Crippen molar-refractivity contribution in [3.05, 3.63) is 40.3 Å². The lowest BCUT2D eigenvalue weighted by atomic mass is 10.1. The van der Waals surface area contributed by atoms with Crippen LogP contribution in [0.2, 0.25) is 0 Å². The molecule has 4 heteroatoms. The number of fused-ring (bicyclic) bond motifs is 1. The maximum atomic E-state index is 12.5. The first-order chi connectivity index (χ1) is 10.2. The zero-order valence-corrected chi connectivity index (χ0v) is 12.8. The monoisotopic (exact) mass is 285 g/mol. The maximum Gasteiger partial charge on any atom is 0.272 e. The van der Waals surface area contributed by atoms with Crippen LogP contribution in [-0.2, 0) is 6.54 Å². The first-order valence-corrected chi connectivity index (χ1v) is 7.90. The lowest BCUT2D eigenvalue weighted by Gasteiger charge is -2.20. The van der Waals surface area contributed by atoms with E-state index in [1.54, 1.807) is 6.92 Å². The summed E-state index contributed by atoms with van der Waals surface area (Å²) in [6.07, 6.45) is 3.67. The number of para-hydroxylation sites is 2. The lowest BCUT2D eigenvalue weighted by molar-refractivity contribution is 0.407. The normalized spacial score (nSPS) is 16.3. The van der Waals surface area contributed by atoms with Crippen molar-refractivity contribution >= 4 is 11.0 Å². The summed E-state index contributed by atoms with van der Waals surface area (Å²) in [5.41, 5.74) is 2.47. The van der Waals surface area contributed by atoms with E-state index in [0.717, 1.165) is 36.5 Å². The molecule has 0 radical (unpaired) electrons. The largest absolute Gasteiger partial charge is 0.312 e. The smallest absolute Gasteiger partial charge is 0.272 e. The minimum atomic E-state index is 0.0395. The van der Waals surface area contributed by atoms with Crippen LogP contribution in [0.3, 0.4) is 0 Å². The van der Waals surface area contributed by atoms with Gasteiger partial charge in [-0.1, -0.05) is 19.1 Å². The predicted octanol–water partition coefficient (Wildman–Crippen LogP) is 2.48. The standard InChI is InChI=1S/C17H23N3O/c1-3-10-18-15(13-8-9-13)11-20-16-7-5-4-6-14(16)19-12(2)17(20)21/h4-7,13,15,18H,3,8-11H2,1-2H3. The van der Waals surface area contributed by atoms with Crippen molar-refractivity contribution in [2.75, 3.05) is 6.54 Å². The highest BCUT2D eigenvalue weighted by atomic mass is 16.1. The zero-order chi connectivity index (χ0) is 14.8. The lowest BCUT2D eigenvalue weighted by Crippen LogP contribution is -2.39.